The molecule has 1 rings (SSSR count). The van der Waals surface area contributed by atoms with Crippen molar-refractivity contribution < 1.29 is 28.7 Å². The van der Waals surface area contributed by atoms with Gasteiger partial charge in [-0.05, 0) is 26.3 Å². The number of alkyl carbamates (subject to hydrolysis) is 1. The largest absolute Gasteiger partial charge is 0.444 e. The molecule has 0 spiro atoms. The van der Waals surface area contributed by atoms with Gasteiger partial charge in [0.25, 0.3) is 0 Å². The van der Waals surface area contributed by atoms with Crippen LogP contribution in [0.2, 0.25) is 0 Å². The summed E-state index contributed by atoms with van der Waals surface area (Å²) in [5.74, 6) is -1.23. The number of benzene rings is 1. The Bertz CT molecular complexity index is 588. The number of carbonyl (C=O) groups is 3. The van der Waals surface area contributed by atoms with Gasteiger partial charge in [-0.25, -0.2) is 14.4 Å². The zero-order chi connectivity index (χ0) is 18.9. The zero-order valence-corrected chi connectivity index (χ0v) is 15.0. The van der Waals surface area contributed by atoms with Crippen LogP contribution in [0.15, 0.2) is 30.3 Å². The zero-order valence-electron chi connectivity index (χ0n) is 14.2. The molecule has 0 saturated carbocycles. The normalized spacial score (nSPS) is 11.8. The van der Waals surface area contributed by atoms with Gasteiger partial charge in [0.15, 0.2) is 0 Å². The third-order valence-corrected chi connectivity index (χ3v) is 2.89. The number of halogens is 1. The van der Waals surface area contributed by atoms with Gasteiger partial charge in [-0.2, -0.15) is 0 Å². The van der Waals surface area contributed by atoms with Crippen LogP contribution in [-0.4, -0.2) is 35.7 Å². The van der Waals surface area contributed by atoms with E-state index in [0.29, 0.717) is 0 Å². The third kappa shape index (κ3) is 8.80. The van der Waals surface area contributed by atoms with Crippen LogP contribution in [0.3, 0.4) is 0 Å². The monoisotopic (exact) mass is 372 g/mol. The van der Waals surface area contributed by atoms with Crippen LogP contribution < -0.4 is 10.8 Å². The van der Waals surface area contributed by atoms with Gasteiger partial charge in [-0.15, -0.1) is 17.1 Å². The molecule has 0 aromatic heterocycles. The fraction of sp³-hybridized carbons (Fsp3) is 0.438. The van der Waals surface area contributed by atoms with Crippen LogP contribution in [0.4, 0.5) is 9.59 Å². The molecule has 0 saturated heterocycles. The highest BCUT2D eigenvalue weighted by Gasteiger charge is 2.25. The lowest BCUT2D eigenvalue weighted by molar-refractivity contribution is -0.151. The van der Waals surface area contributed by atoms with Crippen molar-refractivity contribution in [1.29, 1.82) is 0 Å². The van der Waals surface area contributed by atoms with Crippen molar-refractivity contribution in [2.75, 3.05) is 5.88 Å². The third-order valence-electron chi connectivity index (χ3n) is 2.58. The lowest BCUT2D eigenvalue weighted by atomic mass is 10.2. The molecule has 2 N–H and O–H groups in total. The van der Waals surface area contributed by atoms with E-state index in [4.69, 9.17) is 21.1 Å². The second kappa shape index (κ2) is 9.73. The maximum absolute atomic E-state index is 11.8. The van der Waals surface area contributed by atoms with Crippen LogP contribution in [0, 0.1) is 0 Å². The molecule has 25 heavy (non-hydrogen) atoms. The van der Waals surface area contributed by atoms with Crippen LogP contribution in [0.1, 0.15) is 26.3 Å². The van der Waals surface area contributed by atoms with Gasteiger partial charge >= 0.3 is 18.2 Å². The number of alkyl halides is 1. The molecule has 0 aliphatic heterocycles. The van der Waals surface area contributed by atoms with Crippen molar-refractivity contribution in [2.45, 2.75) is 39.0 Å². The highest BCUT2D eigenvalue weighted by Crippen LogP contribution is 2.07. The first-order chi connectivity index (χ1) is 11.7. The summed E-state index contributed by atoms with van der Waals surface area (Å²) in [7, 11) is 0. The van der Waals surface area contributed by atoms with Crippen LogP contribution in [0.5, 0.6) is 0 Å². The molecule has 8 nitrogen and oxygen atoms in total. The Labute approximate surface area is 150 Å². The van der Waals surface area contributed by atoms with Crippen molar-refractivity contribution >= 4 is 29.8 Å². The van der Waals surface area contributed by atoms with Gasteiger partial charge in [-0.3, -0.25) is 0 Å². The first-order valence-electron chi connectivity index (χ1n) is 7.44. The van der Waals surface area contributed by atoms with Crippen molar-refractivity contribution in [3.63, 3.8) is 0 Å². The average Bonchev–Trinajstić information content (AvgIpc) is 2.55. The van der Waals surface area contributed by atoms with Crippen molar-refractivity contribution in [3.8, 4) is 0 Å². The molecule has 0 aliphatic carbocycles. The van der Waals surface area contributed by atoms with E-state index in [9.17, 15) is 14.4 Å². The average molecular weight is 373 g/mol. The molecule has 0 bridgehead atoms. The van der Waals surface area contributed by atoms with E-state index in [-0.39, 0.29) is 12.5 Å². The van der Waals surface area contributed by atoms with Crippen molar-refractivity contribution in [2.24, 2.45) is 0 Å². The molecule has 0 heterocycles. The molecule has 0 radical (unpaired) electrons. The molecular weight excluding hydrogens is 352 g/mol. The van der Waals surface area contributed by atoms with Gasteiger partial charge in [0.05, 0.1) is 5.88 Å². The van der Waals surface area contributed by atoms with E-state index >= 15 is 0 Å². The van der Waals surface area contributed by atoms with Gasteiger partial charge in [0.2, 0.25) is 0 Å². The highest BCUT2D eigenvalue weighted by molar-refractivity contribution is 6.19. The highest BCUT2D eigenvalue weighted by atomic mass is 35.5. The maximum atomic E-state index is 11.8. The molecule has 1 atom stereocenters. The van der Waals surface area contributed by atoms with E-state index < -0.39 is 29.8 Å². The Kier molecular flexibility index (Phi) is 8.00. The van der Waals surface area contributed by atoms with Gasteiger partial charge in [0.1, 0.15) is 18.2 Å². The van der Waals surface area contributed by atoms with Gasteiger partial charge in [-0.1, -0.05) is 30.3 Å². The molecule has 0 fully saturated rings. The summed E-state index contributed by atoms with van der Waals surface area (Å²) in [4.78, 5) is 39.5. The predicted molar refractivity (Wildman–Crippen MR) is 89.7 cm³/mol. The Morgan fingerprint density at radius 2 is 1.76 bits per heavy atom. The Hall–Kier alpha value is -2.48. The molecule has 1 aromatic rings. The first-order valence-corrected chi connectivity index (χ1v) is 7.97. The van der Waals surface area contributed by atoms with Crippen LogP contribution in [-0.2, 0) is 25.7 Å². The fourth-order valence-corrected chi connectivity index (χ4v) is 1.73. The van der Waals surface area contributed by atoms with Gasteiger partial charge in [0, 0.05) is 0 Å². The van der Waals surface area contributed by atoms with E-state index in [1.54, 1.807) is 45.0 Å². The lowest BCUT2D eigenvalue weighted by Crippen LogP contribution is -2.47. The van der Waals surface area contributed by atoms with Crippen molar-refractivity contribution in [3.05, 3.63) is 35.9 Å². The van der Waals surface area contributed by atoms with Gasteiger partial charge < -0.3 is 19.6 Å². The SMILES string of the molecule is CC(C)(C)OC(=O)N[C@@H](CCl)C(=O)ONC(=O)OCc1ccccc1. The van der Waals surface area contributed by atoms with E-state index in [0.717, 1.165) is 5.56 Å². The number of rotatable bonds is 5. The summed E-state index contributed by atoms with van der Waals surface area (Å²) in [5, 5.41) is 2.24. The summed E-state index contributed by atoms with van der Waals surface area (Å²) < 4.78 is 9.87. The molecule has 138 valence electrons. The fourth-order valence-electron chi connectivity index (χ4n) is 1.53. The second-order valence-corrected chi connectivity index (χ2v) is 6.25. The molecule has 1 aromatic carbocycles. The second-order valence-electron chi connectivity index (χ2n) is 5.94. The van der Waals surface area contributed by atoms with Crippen LogP contribution in [0.25, 0.3) is 0 Å². The first kappa shape index (κ1) is 20.6. The summed E-state index contributed by atoms with van der Waals surface area (Å²) in [6.07, 6.45) is -1.79. The minimum absolute atomic E-state index is 0.0132. The predicted octanol–water partition coefficient (Wildman–Crippen LogP) is 2.50. The minimum Gasteiger partial charge on any atom is -0.444 e. The number of hydrogen-bond acceptors (Lipinski definition) is 6. The number of ether oxygens (including phenoxy) is 2. The molecule has 2 amide bonds. The molecular formula is C16H21ClN2O6. The Balaban J connectivity index is 2.37. The minimum atomic E-state index is -1.19. The topological polar surface area (TPSA) is 103 Å². The van der Waals surface area contributed by atoms with E-state index in [2.05, 4.69) is 10.2 Å². The summed E-state index contributed by atoms with van der Waals surface area (Å²) in [5.41, 5.74) is 1.87. The molecule has 0 unspecified atom stereocenters. The van der Waals surface area contributed by atoms with E-state index in [1.165, 1.54) is 0 Å². The summed E-state index contributed by atoms with van der Waals surface area (Å²) in [6.45, 7) is 5.03. The van der Waals surface area contributed by atoms with Crippen molar-refractivity contribution in [1.82, 2.24) is 10.8 Å². The number of carbonyl (C=O) groups excluding carboxylic acids is 3. The lowest BCUT2D eigenvalue weighted by Gasteiger charge is -2.21. The molecule has 0 aliphatic rings. The Morgan fingerprint density at radius 1 is 1.12 bits per heavy atom. The molecule has 9 heteroatoms. The van der Waals surface area contributed by atoms with E-state index in [1.807, 2.05) is 11.5 Å². The number of nitrogens with one attached hydrogen (secondary N) is 2. The maximum Gasteiger partial charge on any atom is 0.441 e. The number of hydroxylamine groups is 1. The summed E-state index contributed by atoms with van der Waals surface area (Å²) in [6, 6.07) is 7.77. The quantitative estimate of drug-likeness (QED) is 0.467. The summed E-state index contributed by atoms with van der Waals surface area (Å²) >= 11 is 5.62. The van der Waals surface area contributed by atoms with Crippen LogP contribution >= 0.6 is 11.6 Å². The number of amides is 2. The standard InChI is InChI=1S/C16H21ClN2O6/c1-16(2,3)24-14(21)18-12(9-17)13(20)25-19-15(22)23-10-11-7-5-4-6-8-11/h4-8,12H,9-10H2,1-3H3,(H,18,21)(H,19,22)/t12-/m0/s1. The smallest absolute Gasteiger partial charge is 0.441 e. The number of hydrogen-bond donors (Lipinski definition) is 2. The Morgan fingerprint density at radius 3 is 2.32 bits per heavy atom.